The summed E-state index contributed by atoms with van der Waals surface area (Å²) in [6, 6.07) is 7.10. The second kappa shape index (κ2) is 9.03. The molecule has 0 aliphatic carbocycles. The summed E-state index contributed by atoms with van der Waals surface area (Å²) in [6.45, 7) is 4.91. The van der Waals surface area contributed by atoms with E-state index < -0.39 is 10.0 Å². The minimum Gasteiger partial charge on any atom is -0.356 e. The molecule has 134 valence electrons. The first kappa shape index (κ1) is 18.7. The number of hydrogen-bond donors (Lipinski definition) is 2. The second-order valence-corrected chi connectivity index (χ2v) is 7.90. The molecule has 0 atom stereocenters. The van der Waals surface area contributed by atoms with E-state index in [2.05, 4.69) is 22.5 Å². The van der Waals surface area contributed by atoms with E-state index in [0.29, 0.717) is 24.5 Å². The summed E-state index contributed by atoms with van der Waals surface area (Å²) >= 11 is 0. The highest BCUT2D eigenvalue weighted by molar-refractivity contribution is 7.89. The molecule has 24 heavy (non-hydrogen) atoms. The molecule has 0 bridgehead atoms. The number of nitrogens with zero attached hydrogens (tertiary/aromatic N) is 2. The zero-order valence-electron chi connectivity index (χ0n) is 14.6. The molecule has 1 aromatic carbocycles. The number of aliphatic imine (C=N–C) groups is 1. The van der Waals surface area contributed by atoms with Crippen LogP contribution in [0.4, 0.5) is 0 Å². The van der Waals surface area contributed by atoms with Crippen molar-refractivity contribution in [3.05, 3.63) is 29.8 Å². The van der Waals surface area contributed by atoms with Gasteiger partial charge >= 0.3 is 0 Å². The van der Waals surface area contributed by atoms with Gasteiger partial charge in [-0.05, 0) is 37.0 Å². The van der Waals surface area contributed by atoms with Crippen molar-refractivity contribution >= 4 is 16.0 Å². The lowest BCUT2D eigenvalue weighted by molar-refractivity contribution is 0.477. The van der Waals surface area contributed by atoms with Crippen LogP contribution in [0, 0.1) is 0 Å². The minimum absolute atomic E-state index is 0.374. The van der Waals surface area contributed by atoms with Gasteiger partial charge in [0, 0.05) is 33.2 Å². The fraction of sp³-hybridized carbons (Fsp3) is 0.588. The molecular weight excluding hydrogens is 324 g/mol. The normalized spacial score (nSPS) is 16.3. The van der Waals surface area contributed by atoms with Crippen LogP contribution in [0.5, 0.6) is 0 Å². The smallest absolute Gasteiger partial charge is 0.243 e. The van der Waals surface area contributed by atoms with Crippen molar-refractivity contribution in [3.8, 4) is 0 Å². The van der Waals surface area contributed by atoms with Crippen LogP contribution in [0.15, 0.2) is 34.2 Å². The zero-order valence-corrected chi connectivity index (χ0v) is 15.4. The van der Waals surface area contributed by atoms with Crippen molar-refractivity contribution in [3.63, 3.8) is 0 Å². The molecule has 1 fully saturated rings. The number of hydrogen-bond acceptors (Lipinski definition) is 3. The van der Waals surface area contributed by atoms with Gasteiger partial charge < -0.3 is 10.6 Å². The van der Waals surface area contributed by atoms with Crippen molar-refractivity contribution < 1.29 is 8.42 Å². The Morgan fingerprint density at radius 3 is 2.42 bits per heavy atom. The number of guanidine groups is 1. The Labute approximate surface area is 145 Å². The number of nitrogens with one attached hydrogen (secondary N) is 2. The highest BCUT2D eigenvalue weighted by Crippen LogP contribution is 2.20. The molecule has 0 aromatic heterocycles. The molecule has 1 aromatic rings. The van der Waals surface area contributed by atoms with E-state index in [-0.39, 0.29) is 0 Å². The molecule has 1 aliphatic rings. The summed E-state index contributed by atoms with van der Waals surface area (Å²) in [7, 11) is -1.59. The first-order valence-electron chi connectivity index (χ1n) is 8.61. The van der Waals surface area contributed by atoms with Gasteiger partial charge in [-0.25, -0.2) is 8.42 Å². The molecule has 0 saturated carbocycles. The lowest BCUT2D eigenvalue weighted by Gasteiger charge is -2.16. The van der Waals surface area contributed by atoms with Gasteiger partial charge in [0.1, 0.15) is 0 Å². The van der Waals surface area contributed by atoms with Crippen molar-refractivity contribution in [2.75, 3.05) is 26.7 Å². The Morgan fingerprint density at radius 1 is 1.17 bits per heavy atom. The molecule has 0 spiro atoms. The molecule has 6 nitrogen and oxygen atoms in total. The number of benzene rings is 1. The van der Waals surface area contributed by atoms with E-state index in [1.807, 2.05) is 12.1 Å². The van der Waals surface area contributed by atoms with Gasteiger partial charge in [-0.1, -0.05) is 25.5 Å². The van der Waals surface area contributed by atoms with Crippen LogP contribution >= 0.6 is 0 Å². The monoisotopic (exact) mass is 352 g/mol. The second-order valence-electron chi connectivity index (χ2n) is 5.96. The van der Waals surface area contributed by atoms with Crippen molar-refractivity contribution in [2.45, 2.75) is 44.0 Å². The first-order chi connectivity index (χ1) is 11.6. The molecule has 0 unspecified atom stereocenters. The van der Waals surface area contributed by atoms with Crippen LogP contribution in [0.1, 0.15) is 38.2 Å². The Balaban J connectivity index is 1.92. The van der Waals surface area contributed by atoms with Crippen molar-refractivity contribution in [2.24, 2.45) is 4.99 Å². The van der Waals surface area contributed by atoms with Crippen molar-refractivity contribution in [1.29, 1.82) is 0 Å². The predicted molar refractivity (Wildman–Crippen MR) is 97.5 cm³/mol. The lowest BCUT2D eigenvalue weighted by atomic mass is 10.2. The largest absolute Gasteiger partial charge is 0.356 e. The Hall–Kier alpha value is -1.60. The minimum atomic E-state index is -3.33. The Bertz CT molecular complexity index is 635. The number of sulfonamides is 1. The van der Waals surface area contributed by atoms with Gasteiger partial charge in [0.15, 0.2) is 5.96 Å². The van der Waals surface area contributed by atoms with Gasteiger partial charge in [0.05, 0.1) is 4.90 Å². The highest BCUT2D eigenvalue weighted by atomic mass is 32.2. The van der Waals surface area contributed by atoms with E-state index >= 15 is 0 Å². The van der Waals surface area contributed by atoms with E-state index in [4.69, 9.17) is 0 Å². The highest BCUT2D eigenvalue weighted by Gasteiger charge is 2.26. The van der Waals surface area contributed by atoms with Crippen LogP contribution in [-0.4, -0.2) is 45.4 Å². The number of unbranched alkanes of at least 4 members (excludes halogenated alkanes) is 1. The average molecular weight is 353 g/mol. The van der Waals surface area contributed by atoms with Crippen LogP contribution in [0.3, 0.4) is 0 Å². The van der Waals surface area contributed by atoms with Gasteiger partial charge in [0.25, 0.3) is 0 Å². The SMILES string of the molecule is CCCCNC(=NC)NCc1ccc(S(=O)(=O)N2CCCC2)cc1. The standard InChI is InChI=1S/C17H28N4O2S/c1-3-4-11-19-17(18-2)20-14-15-7-9-16(10-8-15)24(22,23)21-12-5-6-13-21/h7-10H,3-6,11-14H2,1-2H3,(H2,18,19,20). The van der Waals surface area contributed by atoms with E-state index in [9.17, 15) is 8.42 Å². The maximum absolute atomic E-state index is 12.5. The molecule has 2 N–H and O–H groups in total. The molecule has 0 radical (unpaired) electrons. The van der Waals surface area contributed by atoms with Crippen LogP contribution in [-0.2, 0) is 16.6 Å². The maximum Gasteiger partial charge on any atom is 0.243 e. The van der Waals surface area contributed by atoms with E-state index in [1.54, 1.807) is 23.5 Å². The fourth-order valence-corrected chi connectivity index (χ4v) is 4.16. The third-order valence-electron chi connectivity index (χ3n) is 4.13. The molecule has 7 heteroatoms. The Kier molecular flexibility index (Phi) is 7.05. The lowest BCUT2D eigenvalue weighted by Crippen LogP contribution is -2.37. The molecule has 0 amide bonds. The quantitative estimate of drug-likeness (QED) is 0.447. The summed E-state index contributed by atoms with van der Waals surface area (Å²) in [5.41, 5.74) is 1.02. The average Bonchev–Trinajstić information content (AvgIpc) is 3.14. The first-order valence-corrected chi connectivity index (χ1v) is 10.1. The summed E-state index contributed by atoms with van der Waals surface area (Å²) in [5.74, 6) is 0.761. The number of rotatable bonds is 7. The summed E-state index contributed by atoms with van der Waals surface area (Å²) < 4.78 is 26.5. The molecule has 1 heterocycles. The predicted octanol–water partition coefficient (Wildman–Crippen LogP) is 1.94. The fourth-order valence-electron chi connectivity index (χ4n) is 2.65. The topological polar surface area (TPSA) is 73.8 Å². The van der Waals surface area contributed by atoms with Gasteiger partial charge in [-0.15, -0.1) is 0 Å². The molecule has 1 saturated heterocycles. The molecular formula is C17H28N4O2S. The molecule has 1 aliphatic heterocycles. The van der Waals surface area contributed by atoms with E-state index in [1.165, 1.54) is 0 Å². The Morgan fingerprint density at radius 2 is 1.83 bits per heavy atom. The van der Waals surface area contributed by atoms with Crippen LogP contribution < -0.4 is 10.6 Å². The maximum atomic E-state index is 12.5. The van der Waals surface area contributed by atoms with Gasteiger partial charge in [-0.2, -0.15) is 4.31 Å². The van der Waals surface area contributed by atoms with Gasteiger partial charge in [0.2, 0.25) is 10.0 Å². The van der Waals surface area contributed by atoms with Crippen LogP contribution in [0.25, 0.3) is 0 Å². The summed E-state index contributed by atoms with van der Waals surface area (Å²) in [6.07, 6.45) is 4.14. The van der Waals surface area contributed by atoms with E-state index in [0.717, 1.165) is 43.8 Å². The summed E-state index contributed by atoms with van der Waals surface area (Å²) in [5, 5.41) is 6.49. The zero-order chi connectivity index (χ0) is 17.4. The summed E-state index contributed by atoms with van der Waals surface area (Å²) in [4.78, 5) is 4.55. The van der Waals surface area contributed by atoms with Crippen LogP contribution in [0.2, 0.25) is 0 Å². The molecule has 2 rings (SSSR count). The van der Waals surface area contributed by atoms with Gasteiger partial charge in [-0.3, -0.25) is 4.99 Å². The third-order valence-corrected chi connectivity index (χ3v) is 6.05. The van der Waals surface area contributed by atoms with Crippen molar-refractivity contribution in [1.82, 2.24) is 14.9 Å². The third kappa shape index (κ3) is 4.95.